The van der Waals surface area contributed by atoms with Crippen LogP contribution in [0.4, 0.5) is 10.2 Å². The van der Waals surface area contributed by atoms with Crippen LogP contribution in [0.3, 0.4) is 0 Å². The fraction of sp³-hybridized carbons (Fsp3) is 0.435. The standard InChI is InChI=1S/C23H29FN5O7P/c1-4-33-22(31)14(2)28-37(32,36-15-8-6-5-7-9-15)34-12-17-19(30)20(24)23(3,35-17)18-11-10-16-21(25)26-13-27-29(16)18/h5-11,13-14,17,19-20,30H,4,12H2,1-3H3,(H,28,32)(H2,25,26,27)/t14-,17+,19+,20+,23-,37?/m0/s1. The highest BCUT2D eigenvalue weighted by Gasteiger charge is 2.55. The topological polar surface area (TPSA) is 160 Å². The van der Waals surface area contributed by atoms with Crippen LogP contribution in [0, 0.1) is 0 Å². The number of alkyl halides is 1. The third kappa shape index (κ3) is 5.46. The summed E-state index contributed by atoms with van der Waals surface area (Å²) >= 11 is 0. The van der Waals surface area contributed by atoms with E-state index in [1.807, 2.05) is 0 Å². The quantitative estimate of drug-likeness (QED) is 0.257. The molecule has 0 bridgehead atoms. The van der Waals surface area contributed by atoms with Gasteiger partial charge in [0.1, 0.15) is 41.4 Å². The number of rotatable bonds is 10. The summed E-state index contributed by atoms with van der Waals surface area (Å²) in [6.45, 7) is 4.13. The monoisotopic (exact) mass is 537 g/mol. The van der Waals surface area contributed by atoms with Crippen molar-refractivity contribution in [3.8, 4) is 5.75 Å². The minimum Gasteiger partial charge on any atom is -0.465 e. The number of hydrogen-bond donors (Lipinski definition) is 3. The summed E-state index contributed by atoms with van der Waals surface area (Å²) < 4.78 is 52.5. The average Bonchev–Trinajstić information content (AvgIpc) is 3.40. The minimum absolute atomic E-state index is 0.124. The van der Waals surface area contributed by atoms with Gasteiger partial charge in [-0.1, -0.05) is 18.2 Å². The molecule has 1 aromatic carbocycles. The third-order valence-corrected chi connectivity index (χ3v) is 7.61. The number of nitrogens with one attached hydrogen (secondary N) is 1. The van der Waals surface area contributed by atoms with E-state index in [1.165, 1.54) is 24.7 Å². The second kappa shape index (κ2) is 10.7. The summed E-state index contributed by atoms with van der Waals surface area (Å²) in [6, 6.07) is 10.3. The zero-order chi connectivity index (χ0) is 26.8. The first-order valence-electron chi connectivity index (χ1n) is 11.6. The number of benzene rings is 1. The molecular formula is C23H29FN5O7P. The molecule has 1 aliphatic rings. The second-order valence-corrected chi connectivity index (χ2v) is 10.3. The number of aliphatic hydroxyl groups excluding tert-OH is 1. The first-order valence-corrected chi connectivity index (χ1v) is 13.1. The number of aliphatic hydroxyl groups is 1. The number of halogens is 1. The summed E-state index contributed by atoms with van der Waals surface area (Å²) in [5, 5.41) is 17.3. The summed E-state index contributed by atoms with van der Waals surface area (Å²) in [5.41, 5.74) is 4.98. The second-order valence-electron chi connectivity index (χ2n) is 8.62. The van der Waals surface area contributed by atoms with Gasteiger partial charge >= 0.3 is 13.7 Å². The number of ether oxygens (including phenoxy) is 2. The molecule has 3 heterocycles. The van der Waals surface area contributed by atoms with Crippen molar-refractivity contribution in [2.75, 3.05) is 18.9 Å². The Morgan fingerprint density at radius 2 is 2.08 bits per heavy atom. The van der Waals surface area contributed by atoms with E-state index in [9.17, 15) is 14.5 Å². The highest BCUT2D eigenvalue weighted by molar-refractivity contribution is 7.52. The summed E-state index contributed by atoms with van der Waals surface area (Å²) in [6.07, 6.45) is -3.54. The lowest BCUT2D eigenvalue weighted by Gasteiger charge is -2.27. The van der Waals surface area contributed by atoms with Gasteiger partial charge in [0, 0.05) is 0 Å². The average molecular weight is 537 g/mol. The van der Waals surface area contributed by atoms with E-state index in [2.05, 4.69) is 15.2 Å². The molecule has 4 N–H and O–H groups in total. The zero-order valence-electron chi connectivity index (χ0n) is 20.5. The molecule has 0 amide bonds. The summed E-state index contributed by atoms with van der Waals surface area (Å²) in [5.74, 6) is -0.273. The number of anilines is 1. The molecule has 12 nitrogen and oxygen atoms in total. The molecule has 1 fully saturated rings. The first kappa shape index (κ1) is 27.0. The maximum absolute atomic E-state index is 15.5. The van der Waals surface area contributed by atoms with E-state index in [0.717, 1.165) is 0 Å². The van der Waals surface area contributed by atoms with Gasteiger partial charge in [-0.25, -0.2) is 18.5 Å². The molecule has 37 heavy (non-hydrogen) atoms. The molecule has 0 radical (unpaired) electrons. The lowest BCUT2D eigenvalue weighted by molar-refractivity contribution is -0.144. The van der Waals surface area contributed by atoms with Gasteiger partial charge in [-0.15, -0.1) is 0 Å². The zero-order valence-corrected chi connectivity index (χ0v) is 21.4. The van der Waals surface area contributed by atoms with E-state index in [1.54, 1.807) is 49.4 Å². The number of nitrogens with zero attached hydrogens (tertiary/aromatic N) is 3. The molecule has 4 rings (SSSR count). The molecule has 1 aliphatic heterocycles. The Bertz CT molecular complexity index is 1290. The molecule has 0 spiro atoms. The predicted octanol–water partition coefficient (Wildman–Crippen LogP) is 2.37. The molecule has 0 aliphatic carbocycles. The Labute approximate surface area is 212 Å². The van der Waals surface area contributed by atoms with Gasteiger partial charge in [0.15, 0.2) is 12.0 Å². The van der Waals surface area contributed by atoms with Crippen LogP contribution in [-0.4, -0.2) is 63.3 Å². The number of fused-ring (bicyclic) bond motifs is 1. The Kier molecular flexibility index (Phi) is 7.81. The number of para-hydroxylation sites is 1. The van der Waals surface area contributed by atoms with Gasteiger partial charge in [0.2, 0.25) is 0 Å². The highest BCUT2D eigenvalue weighted by Crippen LogP contribution is 2.47. The molecule has 6 atom stereocenters. The van der Waals surface area contributed by atoms with Crippen molar-refractivity contribution in [3.63, 3.8) is 0 Å². The van der Waals surface area contributed by atoms with Gasteiger partial charge < -0.3 is 24.8 Å². The SMILES string of the molecule is CCOC(=O)[C@H](C)NP(=O)(OC[C@H]1O[C@@](C)(c2ccc3c(N)ncnn23)[C@H](F)[C@@H]1O)Oc1ccccc1. The van der Waals surface area contributed by atoms with Crippen molar-refractivity contribution in [1.29, 1.82) is 0 Å². The Hall–Kier alpha value is -3.09. The lowest BCUT2D eigenvalue weighted by Crippen LogP contribution is -2.37. The van der Waals surface area contributed by atoms with E-state index in [4.69, 9.17) is 24.3 Å². The number of carbonyl (C=O) groups is 1. The normalized spacial score (nSPS) is 26.0. The molecular weight excluding hydrogens is 508 g/mol. The van der Waals surface area contributed by atoms with Crippen LogP contribution in [-0.2, 0) is 29.0 Å². The Balaban J connectivity index is 1.54. The Morgan fingerprint density at radius 3 is 2.78 bits per heavy atom. The highest BCUT2D eigenvalue weighted by atomic mass is 31.2. The minimum atomic E-state index is -4.23. The largest absolute Gasteiger partial charge is 0.465 e. The molecule has 1 unspecified atom stereocenters. The third-order valence-electron chi connectivity index (χ3n) is 5.96. The number of hydrogen-bond acceptors (Lipinski definition) is 10. The van der Waals surface area contributed by atoms with Gasteiger partial charge in [-0.2, -0.15) is 10.2 Å². The van der Waals surface area contributed by atoms with Crippen molar-refractivity contribution < 1.29 is 37.4 Å². The molecule has 0 saturated carbocycles. The predicted molar refractivity (Wildman–Crippen MR) is 130 cm³/mol. The van der Waals surface area contributed by atoms with Crippen LogP contribution in [0.15, 0.2) is 48.8 Å². The van der Waals surface area contributed by atoms with Crippen molar-refractivity contribution in [2.24, 2.45) is 0 Å². The molecule has 14 heteroatoms. The smallest absolute Gasteiger partial charge is 0.459 e. The summed E-state index contributed by atoms with van der Waals surface area (Å²) in [7, 11) is -4.23. The van der Waals surface area contributed by atoms with Gasteiger partial charge in [0.05, 0.1) is 18.9 Å². The van der Waals surface area contributed by atoms with Crippen molar-refractivity contribution in [3.05, 3.63) is 54.5 Å². The Morgan fingerprint density at radius 1 is 1.35 bits per heavy atom. The van der Waals surface area contributed by atoms with Gasteiger partial charge in [0.25, 0.3) is 0 Å². The summed E-state index contributed by atoms with van der Waals surface area (Å²) in [4.78, 5) is 16.0. The van der Waals surface area contributed by atoms with Crippen LogP contribution in [0.5, 0.6) is 5.75 Å². The van der Waals surface area contributed by atoms with Crippen LogP contribution in [0.2, 0.25) is 0 Å². The number of aromatic nitrogens is 3. The molecule has 1 saturated heterocycles. The first-order chi connectivity index (χ1) is 17.6. The number of nitrogens with two attached hydrogens (primary N) is 1. The molecule has 3 aromatic rings. The fourth-order valence-corrected chi connectivity index (χ4v) is 5.57. The number of nitrogen functional groups attached to an aromatic ring is 1. The van der Waals surface area contributed by atoms with Crippen molar-refractivity contribution in [2.45, 2.75) is 50.8 Å². The number of carbonyl (C=O) groups excluding carboxylic acids is 1. The fourth-order valence-electron chi connectivity index (χ4n) is 4.07. The number of esters is 1. The van der Waals surface area contributed by atoms with Crippen molar-refractivity contribution in [1.82, 2.24) is 19.7 Å². The van der Waals surface area contributed by atoms with E-state index >= 15 is 4.39 Å². The van der Waals surface area contributed by atoms with Gasteiger partial charge in [-0.3, -0.25) is 9.32 Å². The molecule has 2 aromatic heterocycles. The van der Waals surface area contributed by atoms with E-state index in [-0.39, 0.29) is 18.2 Å². The maximum Gasteiger partial charge on any atom is 0.459 e. The van der Waals surface area contributed by atoms with Crippen LogP contribution in [0.1, 0.15) is 26.5 Å². The van der Waals surface area contributed by atoms with Crippen molar-refractivity contribution >= 4 is 25.1 Å². The molecule has 200 valence electrons. The van der Waals surface area contributed by atoms with Crippen LogP contribution < -0.4 is 15.3 Å². The lowest BCUT2D eigenvalue weighted by atomic mass is 9.94. The van der Waals surface area contributed by atoms with E-state index in [0.29, 0.717) is 11.2 Å². The maximum atomic E-state index is 15.5. The van der Waals surface area contributed by atoms with Crippen LogP contribution >= 0.6 is 7.75 Å². The van der Waals surface area contributed by atoms with Crippen LogP contribution in [0.25, 0.3) is 5.52 Å². The van der Waals surface area contributed by atoms with E-state index < -0.39 is 50.3 Å². The van der Waals surface area contributed by atoms with Gasteiger partial charge in [-0.05, 0) is 45.0 Å².